The number of benzene rings is 1. The first-order valence-electron chi connectivity index (χ1n) is 5.81. The van der Waals surface area contributed by atoms with Crippen LogP contribution in [0.3, 0.4) is 0 Å². The van der Waals surface area contributed by atoms with Gasteiger partial charge in [0.05, 0.1) is 6.61 Å². The average molecular weight is 300 g/mol. The van der Waals surface area contributed by atoms with Crippen LogP contribution in [0.1, 0.15) is 25.3 Å². The van der Waals surface area contributed by atoms with Crippen molar-refractivity contribution < 1.29 is 9.53 Å². The maximum atomic E-state index is 11.5. The van der Waals surface area contributed by atoms with Gasteiger partial charge >= 0.3 is 0 Å². The molecule has 0 saturated heterocycles. The zero-order valence-electron chi connectivity index (χ0n) is 10.0. The van der Waals surface area contributed by atoms with Crippen LogP contribution in [0.5, 0.6) is 0 Å². The van der Waals surface area contributed by atoms with Gasteiger partial charge in [-0.1, -0.05) is 35.0 Å². The first-order valence-corrected chi connectivity index (χ1v) is 6.60. The van der Waals surface area contributed by atoms with E-state index in [0.717, 1.165) is 23.1 Å². The molecule has 0 aliphatic rings. The molecule has 0 saturated carbocycles. The minimum Gasteiger partial charge on any atom is -0.381 e. The van der Waals surface area contributed by atoms with Gasteiger partial charge < -0.3 is 10.1 Å². The lowest BCUT2D eigenvalue weighted by molar-refractivity contribution is -0.122. The highest BCUT2D eigenvalue weighted by Gasteiger charge is 2.01. The summed E-state index contributed by atoms with van der Waals surface area (Å²) >= 11 is 3.40. The van der Waals surface area contributed by atoms with E-state index in [1.807, 2.05) is 31.2 Å². The largest absolute Gasteiger partial charge is 0.381 e. The number of nitrogens with one attached hydrogen (secondary N) is 1. The van der Waals surface area contributed by atoms with Gasteiger partial charge in [0.15, 0.2) is 0 Å². The third kappa shape index (κ3) is 6.44. The number of amides is 1. The Kier molecular flexibility index (Phi) is 6.89. The van der Waals surface area contributed by atoms with Crippen molar-refractivity contribution in [3.63, 3.8) is 0 Å². The first-order chi connectivity index (χ1) is 8.22. The maximum absolute atomic E-state index is 11.5. The Hall–Kier alpha value is -0.870. The van der Waals surface area contributed by atoms with Crippen LogP contribution < -0.4 is 5.32 Å². The molecule has 1 amide bonds. The Labute approximate surface area is 111 Å². The van der Waals surface area contributed by atoms with Crippen LogP contribution in [0, 0.1) is 0 Å². The molecule has 0 aromatic heterocycles. The molecule has 1 N–H and O–H groups in total. The molecule has 0 radical (unpaired) electrons. The third-order valence-corrected chi connectivity index (χ3v) is 2.69. The zero-order chi connectivity index (χ0) is 12.5. The molecule has 1 rings (SSSR count). The van der Waals surface area contributed by atoms with Crippen LogP contribution in [-0.4, -0.2) is 19.1 Å². The number of rotatable bonds is 7. The molecule has 0 bridgehead atoms. The highest BCUT2D eigenvalue weighted by molar-refractivity contribution is 9.10. The smallest absolute Gasteiger partial charge is 0.222 e. The molecule has 0 heterocycles. The van der Waals surface area contributed by atoms with Crippen LogP contribution in [0.4, 0.5) is 0 Å². The fourth-order valence-corrected chi connectivity index (χ4v) is 1.79. The van der Waals surface area contributed by atoms with Gasteiger partial charge in [-0.05, 0) is 24.1 Å². The van der Waals surface area contributed by atoms with Gasteiger partial charge in [0.1, 0.15) is 0 Å². The second-order valence-corrected chi connectivity index (χ2v) is 4.68. The maximum Gasteiger partial charge on any atom is 0.222 e. The quantitative estimate of drug-likeness (QED) is 0.786. The molecule has 0 spiro atoms. The molecular weight excluding hydrogens is 282 g/mol. The minimum absolute atomic E-state index is 0.0288. The summed E-state index contributed by atoms with van der Waals surface area (Å²) in [6.45, 7) is 3.83. The second-order valence-electron chi connectivity index (χ2n) is 3.77. The fraction of sp³-hybridized carbons (Fsp3) is 0.462. The predicted octanol–water partition coefficient (Wildman–Crippen LogP) is 2.88. The number of halogens is 1. The molecule has 0 atom stereocenters. The molecule has 17 heavy (non-hydrogen) atoms. The lowest BCUT2D eigenvalue weighted by Gasteiger charge is -2.06. The van der Waals surface area contributed by atoms with Crippen LogP contribution in [0.2, 0.25) is 0 Å². The van der Waals surface area contributed by atoms with E-state index in [4.69, 9.17) is 4.74 Å². The number of ether oxygens (including phenoxy) is 1. The molecule has 3 nitrogen and oxygen atoms in total. The summed E-state index contributed by atoms with van der Waals surface area (Å²) in [5.41, 5.74) is 1.09. The Bertz CT molecular complexity index is 355. The second kappa shape index (κ2) is 8.25. The van der Waals surface area contributed by atoms with E-state index in [0.29, 0.717) is 19.6 Å². The summed E-state index contributed by atoms with van der Waals surface area (Å²) in [6, 6.07) is 7.90. The summed E-state index contributed by atoms with van der Waals surface area (Å²) in [7, 11) is 0. The molecule has 0 unspecified atom stereocenters. The van der Waals surface area contributed by atoms with Crippen molar-refractivity contribution in [1.82, 2.24) is 5.32 Å². The van der Waals surface area contributed by atoms with Crippen LogP contribution in [0.15, 0.2) is 28.7 Å². The lowest BCUT2D eigenvalue weighted by Crippen LogP contribution is -2.23. The standard InChI is InChI=1S/C13H18BrNO2/c1-2-7-17-8-6-13(16)15-10-11-4-3-5-12(14)9-11/h3-5,9H,2,6-8,10H2,1H3,(H,15,16). The van der Waals surface area contributed by atoms with Crippen molar-refractivity contribution in [3.8, 4) is 0 Å². The number of hydrogen-bond donors (Lipinski definition) is 1. The Morgan fingerprint density at radius 3 is 2.94 bits per heavy atom. The Balaban J connectivity index is 2.19. The van der Waals surface area contributed by atoms with Gasteiger partial charge in [0.2, 0.25) is 5.91 Å². The summed E-state index contributed by atoms with van der Waals surface area (Å²) < 4.78 is 6.28. The van der Waals surface area contributed by atoms with Crippen molar-refractivity contribution in [2.75, 3.05) is 13.2 Å². The molecule has 4 heteroatoms. The van der Waals surface area contributed by atoms with Crippen LogP contribution >= 0.6 is 15.9 Å². The lowest BCUT2D eigenvalue weighted by atomic mass is 10.2. The van der Waals surface area contributed by atoms with Gasteiger partial charge in [0, 0.05) is 24.0 Å². The number of hydrogen-bond acceptors (Lipinski definition) is 2. The molecule has 0 aliphatic heterocycles. The van der Waals surface area contributed by atoms with Gasteiger partial charge in [-0.25, -0.2) is 0 Å². The van der Waals surface area contributed by atoms with Crippen LogP contribution in [0.25, 0.3) is 0 Å². The van der Waals surface area contributed by atoms with Gasteiger partial charge in [-0.3, -0.25) is 4.79 Å². The van der Waals surface area contributed by atoms with Gasteiger partial charge in [0.25, 0.3) is 0 Å². The highest BCUT2D eigenvalue weighted by atomic mass is 79.9. The molecule has 1 aromatic carbocycles. The summed E-state index contributed by atoms with van der Waals surface area (Å²) in [6.07, 6.45) is 1.41. The predicted molar refractivity (Wildman–Crippen MR) is 71.7 cm³/mol. The van der Waals surface area contributed by atoms with Crippen molar-refractivity contribution in [2.45, 2.75) is 26.3 Å². The summed E-state index contributed by atoms with van der Waals surface area (Å²) in [5, 5.41) is 2.86. The van der Waals surface area contributed by atoms with Crippen molar-refractivity contribution >= 4 is 21.8 Å². The molecule has 94 valence electrons. The van der Waals surface area contributed by atoms with E-state index in [2.05, 4.69) is 21.2 Å². The average Bonchev–Trinajstić information content (AvgIpc) is 2.32. The zero-order valence-corrected chi connectivity index (χ0v) is 11.6. The van der Waals surface area contributed by atoms with E-state index in [9.17, 15) is 4.79 Å². The van der Waals surface area contributed by atoms with E-state index in [-0.39, 0.29) is 5.91 Å². The van der Waals surface area contributed by atoms with Crippen molar-refractivity contribution in [1.29, 1.82) is 0 Å². The number of carbonyl (C=O) groups is 1. The van der Waals surface area contributed by atoms with Crippen molar-refractivity contribution in [2.24, 2.45) is 0 Å². The van der Waals surface area contributed by atoms with E-state index < -0.39 is 0 Å². The Morgan fingerprint density at radius 1 is 1.41 bits per heavy atom. The topological polar surface area (TPSA) is 38.3 Å². The Morgan fingerprint density at radius 2 is 2.24 bits per heavy atom. The molecule has 1 aromatic rings. The van der Waals surface area contributed by atoms with E-state index >= 15 is 0 Å². The van der Waals surface area contributed by atoms with Gasteiger partial charge in [-0.2, -0.15) is 0 Å². The summed E-state index contributed by atoms with van der Waals surface area (Å²) in [5.74, 6) is 0.0288. The molecule has 0 fully saturated rings. The first kappa shape index (κ1) is 14.2. The highest BCUT2D eigenvalue weighted by Crippen LogP contribution is 2.11. The monoisotopic (exact) mass is 299 g/mol. The number of carbonyl (C=O) groups excluding carboxylic acids is 1. The normalized spacial score (nSPS) is 10.2. The minimum atomic E-state index is 0.0288. The molecule has 0 aliphatic carbocycles. The van der Waals surface area contributed by atoms with E-state index in [1.54, 1.807) is 0 Å². The summed E-state index contributed by atoms with van der Waals surface area (Å²) in [4.78, 5) is 11.5. The van der Waals surface area contributed by atoms with Crippen molar-refractivity contribution in [3.05, 3.63) is 34.3 Å². The SMILES string of the molecule is CCCOCCC(=O)NCc1cccc(Br)c1. The molecular formula is C13H18BrNO2. The third-order valence-electron chi connectivity index (χ3n) is 2.20. The van der Waals surface area contributed by atoms with Gasteiger partial charge in [-0.15, -0.1) is 0 Å². The fourth-order valence-electron chi connectivity index (χ4n) is 1.35. The van der Waals surface area contributed by atoms with Crippen LogP contribution in [-0.2, 0) is 16.1 Å². The van der Waals surface area contributed by atoms with E-state index in [1.165, 1.54) is 0 Å².